The van der Waals surface area contributed by atoms with E-state index in [0.717, 1.165) is 13.0 Å². The van der Waals surface area contributed by atoms with E-state index in [1.54, 1.807) is 6.29 Å². The maximum absolute atomic E-state index is 12.8. The van der Waals surface area contributed by atoms with Crippen LogP contribution >= 0.6 is 11.6 Å². The molecule has 0 unspecified atom stereocenters. The standard InChI is InChI=1S/C19H23ClF2N4O3.K/c1-14(20)12-16(15(2)29-4)17(6-10-27)26(9-11-28)8-5-7-24-18(23)25-13-19(3,21)22;/h6,12H,1-2,5,7-8,13H2,3-4H3,(H3,23,24,25);/q-2;+1/b16-12+,17-6-;. The minimum atomic E-state index is -2.96. The van der Waals surface area contributed by atoms with Crippen molar-refractivity contribution in [1.82, 2.24) is 10.2 Å². The van der Waals surface area contributed by atoms with Crippen LogP contribution in [0.15, 0.2) is 52.4 Å². The summed E-state index contributed by atoms with van der Waals surface area (Å²) in [6.45, 7) is 7.66. The summed E-state index contributed by atoms with van der Waals surface area (Å²) < 4.78 is 30.6. The van der Waals surface area contributed by atoms with Gasteiger partial charge in [0, 0.05) is 24.4 Å². The first-order chi connectivity index (χ1) is 13.6. The van der Waals surface area contributed by atoms with Crippen LogP contribution in [0, 0.1) is 6.20 Å². The predicted octanol–water partition coefficient (Wildman–Crippen LogP) is -0.777. The van der Waals surface area contributed by atoms with E-state index in [9.17, 15) is 18.4 Å². The van der Waals surface area contributed by atoms with Crippen LogP contribution in [0.3, 0.4) is 0 Å². The van der Waals surface area contributed by atoms with E-state index < -0.39 is 12.5 Å². The van der Waals surface area contributed by atoms with Crippen LogP contribution in [-0.2, 0) is 14.3 Å². The van der Waals surface area contributed by atoms with Gasteiger partial charge < -0.3 is 25.5 Å². The second-order valence-corrected chi connectivity index (χ2v) is 6.18. The third-order valence-corrected chi connectivity index (χ3v) is 3.29. The number of guanidine groups is 1. The van der Waals surface area contributed by atoms with E-state index >= 15 is 0 Å². The Hall–Kier alpha value is -1.26. The molecular weight excluding hydrogens is 445 g/mol. The number of allylic oxidation sites excluding steroid dienone is 3. The Bertz CT molecular complexity index is 743. The molecule has 7 nitrogen and oxygen atoms in total. The number of halogens is 3. The summed E-state index contributed by atoms with van der Waals surface area (Å²) >= 11 is 5.82. The van der Waals surface area contributed by atoms with Gasteiger partial charge in [-0.2, -0.15) is 6.08 Å². The molecule has 0 atom stereocenters. The first-order valence-corrected chi connectivity index (χ1v) is 8.63. The molecule has 0 saturated carbocycles. The molecule has 0 saturated heterocycles. The molecule has 0 bridgehead atoms. The van der Waals surface area contributed by atoms with Crippen molar-refractivity contribution in [2.45, 2.75) is 19.3 Å². The number of ether oxygens (including phenoxy) is 1. The Kier molecular flexibility index (Phi) is 16.9. The zero-order valence-corrected chi connectivity index (χ0v) is 21.1. The van der Waals surface area contributed by atoms with E-state index in [4.69, 9.17) is 22.1 Å². The fraction of sp³-hybridized carbons (Fsp3) is 0.368. The van der Waals surface area contributed by atoms with Crippen molar-refractivity contribution in [1.29, 1.82) is 0 Å². The Morgan fingerprint density at radius 2 is 2.10 bits per heavy atom. The molecule has 0 aliphatic carbocycles. The SMILES string of the molecule is C=C(Cl)/C=C(C(=C)OC)/C(=C/[C-]=O)N([C-]=C=O)CCCNC(N)=NCC(C)(F)F.[K+]. The average Bonchev–Trinajstić information content (AvgIpc) is 2.64. The number of rotatable bonds is 13. The fourth-order valence-electron chi connectivity index (χ4n) is 1.95. The number of alkyl halides is 2. The summed E-state index contributed by atoms with van der Waals surface area (Å²) in [6.07, 6.45) is 6.74. The van der Waals surface area contributed by atoms with Gasteiger partial charge in [-0.05, 0) is 30.9 Å². The van der Waals surface area contributed by atoms with Gasteiger partial charge in [-0.15, -0.1) is 5.70 Å². The molecule has 0 aromatic carbocycles. The largest absolute Gasteiger partial charge is 1.00 e. The Labute approximate surface area is 222 Å². The number of hydrogen-bond acceptors (Lipinski definition) is 5. The van der Waals surface area contributed by atoms with Gasteiger partial charge in [0.05, 0.1) is 7.11 Å². The van der Waals surface area contributed by atoms with E-state index in [2.05, 4.69) is 29.7 Å². The molecule has 0 heterocycles. The Morgan fingerprint density at radius 1 is 1.47 bits per heavy atom. The normalized spacial score (nSPS) is 12.2. The second-order valence-electron chi connectivity index (χ2n) is 5.70. The summed E-state index contributed by atoms with van der Waals surface area (Å²) in [7, 11) is 1.37. The molecule has 0 spiro atoms. The first kappa shape index (κ1) is 30.9. The Balaban J connectivity index is 0. The van der Waals surface area contributed by atoms with E-state index in [1.807, 2.05) is 0 Å². The number of nitrogens with zero attached hydrogens (tertiary/aromatic N) is 2. The van der Waals surface area contributed by atoms with Crippen molar-refractivity contribution in [2.75, 3.05) is 26.7 Å². The molecule has 160 valence electrons. The molecule has 0 amide bonds. The van der Waals surface area contributed by atoms with Crippen LogP contribution in [0.25, 0.3) is 0 Å². The van der Waals surface area contributed by atoms with Crippen LogP contribution < -0.4 is 62.4 Å². The van der Waals surface area contributed by atoms with E-state index in [1.165, 1.54) is 24.0 Å². The minimum Gasteiger partial charge on any atom is -0.502 e. The fourth-order valence-corrected chi connectivity index (χ4v) is 2.06. The minimum absolute atomic E-state index is 0. The maximum Gasteiger partial charge on any atom is 1.00 e. The molecule has 0 aromatic rings. The van der Waals surface area contributed by atoms with Gasteiger partial charge in [-0.1, -0.05) is 31.0 Å². The summed E-state index contributed by atoms with van der Waals surface area (Å²) in [5.74, 6) is -1.44. The van der Waals surface area contributed by atoms with Crippen molar-refractivity contribution >= 4 is 29.8 Å². The quantitative estimate of drug-likeness (QED) is 0.0352. The summed E-state index contributed by atoms with van der Waals surface area (Å²) in [5, 5.41) is 2.80. The molecule has 3 N–H and O–H groups in total. The second kappa shape index (κ2) is 16.4. The van der Waals surface area contributed by atoms with E-state index in [0.29, 0.717) is 6.42 Å². The third kappa shape index (κ3) is 13.9. The molecule has 0 aliphatic heterocycles. The first-order valence-electron chi connectivity index (χ1n) is 8.25. The molecule has 0 rings (SSSR count). The monoisotopic (exact) mass is 467 g/mol. The van der Waals surface area contributed by atoms with Crippen molar-refractivity contribution in [3.63, 3.8) is 0 Å². The van der Waals surface area contributed by atoms with Gasteiger partial charge >= 0.3 is 51.4 Å². The summed E-state index contributed by atoms with van der Waals surface area (Å²) in [5.41, 5.74) is 5.96. The molecule has 30 heavy (non-hydrogen) atoms. The topological polar surface area (TPSA) is 97.0 Å². The summed E-state index contributed by atoms with van der Waals surface area (Å²) in [4.78, 5) is 26.7. The van der Waals surface area contributed by atoms with Gasteiger partial charge in [0.2, 0.25) is 0 Å². The average molecular weight is 468 g/mol. The molecule has 0 fully saturated rings. The van der Waals surface area contributed by atoms with Crippen molar-refractivity contribution in [3.05, 3.63) is 53.6 Å². The maximum atomic E-state index is 12.8. The van der Waals surface area contributed by atoms with Gasteiger partial charge in [0.25, 0.3) is 5.92 Å². The molecular formula is C19H23ClF2KN4O3-. The van der Waals surface area contributed by atoms with Crippen LogP contribution in [0.5, 0.6) is 0 Å². The molecule has 0 aromatic heterocycles. The van der Waals surface area contributed by atoms with E-state index in [-0.39, 0.29) is 92.5 Å². The van der Waals surface area contributed by atoms with Crippen molar-refractivity contribution in [2.24, 2.45) is 10.7 Å². The number of nitrogens with one attached hydrogen (secondary N) is 1. The van der Waals surface area contributed by atoms with Gasteiger partial charge in [0.15, 0.2) is 5.96 Å². The van der Waals surface area contributed by atoms with Crippen molar-refractivity contribution in [3.8, 4) is 0 Å². The molecule has 0 radical (unpaired) electrons. The number of methoxy groups -OCH3 is 1. The van der Waals surface area contributed by atoms with Gasteiger partial charge in [-0.3, -0.25) is 4.79 Å². The van der Waals surface area contributed by atoms with Gasteiger partial charge in [0.1, 0.15) is 12.3 Å². The number of nitrogens with two attached hydrogens (primary N) is 1. The Morgan fingerprint density at radius 3 is 2.57 bits per heavy atom. The third-order valence-electron chi connectivity index (χ3n) is 3.18. The van der Waals surface area contributed by atoms with Crippen LogP contribution in [0.4, 0.5) is 8.78 Å². The number of aliphatic imine (C=N–C) groups is 1. The zero-order chi connectivity index (χ0) is 22.4. The van der Waals surface area contributed by atoms with Crippen molar-refractivity contribution < 1.29 is 74.5 Å². The van der Waals surface area contributed by atoms with Crippen LogP contribution in [-0.4, -0.2) is 55.8 Å². The molecule has 0 aliphatic rings. The van der Waals surface area contributed by atoms with Crippen LogP contribution in [0.1, 0.15) is 13.3 Å². The zero-order valence-electron chi connectivity index (χ0n) is 17.2. The molecule has 11 heteroatoms. The summed E-state index contributed by atoms with van der Waals surface area (Å²) in [6, 6.07) is 0. The smallest absolute Gasteiger partial charge is 0.502 e. The number of carbonyl (C=O) groups excluding carboxylic acids is 2. The van der Waals surface area contributed by atoms with Gasteiger partial charge in [-0.25, -0.2) is 13.8 Å². The van der Waals surface area contributed by atoms with Crippen LogP contribution in [0.2, 0.25) is 0 Å². The number of hydrogen-bond donors (Lipinski definition) is 2. The predicted molar refractivity (Wildman–Crippen MR) is 108 cm³/mol.